The first-order chi connectivity index (χ1) is 17.2. The van der Waals surface area contributed by atoms with Crippen molar-refractivity contribution in [1.82, 2.24) is 5.32 Å². The van der Waals surface area contributed by atoms with Crippen molar-refractivity contribution >= 4 is 17.5 Å². The summed E-state index contributed by atoms with van der Waals surface area (Å²) in [6, 6.07) is 5.35. The van der Waals surface area contributed by atoms with E-state index in [1.54, 1.807) is 6.92 Å². The fourth-order valence-corrected chi connectivity index (χ4v) is 3.84. The van der Waals surface area contributed by atoms with Gasteiger partial charge >= 0.3 is 12.4 Å². The smallest absolute Gasteiger partial charge is 0.352 e. The molecule has 0 aliphatic carbocycles. The average molecular weight is 556 g/mol. The zero-order valence-electron chi connectivity index (χ0n) is 20.7. The van der Waals surface area contributed by atoms with Crippen LogP contribution in [0, 0.1) is 13.8 Å². The van der Waals surface area contributed by atoms with Gasteiger partial charge in [0, 0.05) is 30.3 Å². The number of amides is 2. The molecule has 2 amide bonds. The third kappa shape index (κ3) is 6.79. The van der Waals surface area contributed by atoms with Crippen molar-refractivity contribution in [3.8, 4) is 0 Å². The fraction of sp³-hybridized carbons (Fsp3) is 0.440. The number of alkyl halides is 9. The first kappa shape index (κ1) is 31.0. The molecule has 0 bridgehead atoms. The summed E-state index contributed by atoms with van der Waals surface area (Å²) < 4.78 is 120. The van der Waals surface area contributed by atoms with E-state index < -0.39 is 47.7 Å². The van der Waals surface area contributed by atoms with Crippen LogP contribution in [-0.4, -0.2) is 30.1 Å². The van der Waals surface area contributed by atoms with Gasteiger partial charge in [0.2, 0.25) is 5.91 Å². The molecule has 0 saturated heterocycles. The molecule has 2 N–H and O–H groups in total. The molecule has 0 radical (unpaired) electrons. The van der Waals surface area contributed by atoms with Gasteiger partial charge in [0.05, 0.1) is 0 Å². The van der Waals surface area contributed by atoms with Gasteiger partial charge in [0.15, 0.2) is 0 Å². The summed E-state index contributed by atoms with van der Waals surface area (Å²) in [6.07, 6.45) is -12.3. The zero-order valence-corrected chi connectivity index (χ0v) is 20.7. The largest absolute Gasteiger partial charge is 0.432 e. The van der Waals surface area contributed by atoms with E-state index in [2.05, 4.69) is 10.6 Å². The molecule has 1 atom stereocenters. The van der Waals surface area contributed by atoms with Crippen molar-refractivity contribution in [2.45, 2.75) is 71.0 Å². The highest BCUT2D eigenvalue weighted by Crippen LogP contribution is 2.53. The van der Waals surface area contributed by atoms with E-state index in [1.807, 2.05) is 0 Å². The van der Waals surface area contributed by atoms with Crippen LogP contribution >= 0.6 is 0 Å². The highest BCUT2D eigenvalue weighted by Gasteiger charge is 2.70. The Labute approximate surface area is 212 Å². The molecule has 0 spiro atoms. The second kappa shape index (κ2) is 10.9. The molecule has 0 heterocycles. The van der Waals surface area contributed by atoms with Crippen molar-refractivity contribution in [2.75, 3.05) is 5.32 Å². The van der Waals surface area contributed by atoms with E-state index in [0.717, 1.165) is 0 Å². The lowest BCUT2D eigenvalue weighted by atomic mass is 9.86. The van der Waals surface area contributed by atoms with Crippen molar-refractivity contribution < 1.29 is 49.1 Å². The lowest BCUT2D eigenvalue weighted by Crippen LogP contribution is -2.51. The predicted octanol–water partition coefficient (Wildman–Crippen LogP) is 7.07. The molecule has 0 fully saturated rings. The maximum atomic E-state index is 14.9. The Kier molecular flexibility index (Phi) is 8.85. The van der Waals surface area contributed by atoms with Crippen LogP contribution in [0.5, 0.6) is 0 Å². The molecule has 2 aromatic rings. The number of anilines is 1. The van der Waals surface area contributed by atoms with Gasteiger partial charge in [0.25, 0.3) is 17.5 Å². The van der Waals surface area contributed by atoms with E-state index >= 15 is 0 Å². The maximum Gasteiger partial charge on any atom is 0.432 e. The number of carbonyl (C=O) groups is 2. The molecule has 0 unspecified atom stereocenters. The minimum absolute atomic E-state index is 0.00964. The number of halogens is 9. The van der Waals surface area contributed by atoms with Crippen LogP contribution < -0.4 is 10.6 Å². The highest BCUT2D eigenvalue weighted by molar-refractivity contribution is 6.05. The Hall–Kier alpha value is -3.25. The Morgan fingerprint density at radius 3 is 1.92 bits per heavy atom. The van der Waals surface area contributed by atoms with Gasteiger partial charge in [-0.1, -0.05) is 19.1 Å². The number of hydrogen-bond donors (Lipinski definition) is 2. The van der Waals surface area contributed by atoms with Crippen LogP contribution in [0.1, 0.15) is 58.4 Å². The summed E-state index contributed by atoms with van der Waals surface area (Å²) >= 11 is 0. The van der Waals surface area contributed by atoms with Gasteiger partial charge in [-0.25, -0.2) is 13.2 Å². The third-order valence-electron chi connectivity index (χ3n) is 5.87. The van der Waals surface area contributed by atoms with E-state index in [9.17, 15) is 49.1 Å². The number of benzene rings is 2. The van der Waals surface area contributed by atoms with Gasteiger partial charge in [-0.2, -0.15) is 26.3 Å². The highest BCUT2D eigenvalue weighted by atomic mass is 19.4. The number of hydrogen-bond acceptors (Lipinski definition) is 2. The van der Waals surface area contributed by atoms with Gasteiger partial charge in [0.1, 0.15) is 6.42 Å². The molecule has 0 aliphatic rings. The molecule has 2 aromatic carbocycles. The molecule has 210 valence electrons. The number of aryl methyl sites for hydroxylation is 3. The molecular weight excluding hydrogens is 531 g/mol. The van der Waals surface area contributed by atoms with Crippen LogP contribution in [0.25, 0.3) is 0 Å². The second-order valence-electron chi connectivity index (χ2n) is 8.89. The minimum Gasteiger partial charge on any atom is -0.352 e. The van der Waals surface area contributed by atoms with Gasteiger partial charge in [-0.05, 0) is 60.7 Å². The van der Waals surface area contributed by atoms with Crippen LogP contribution in [-0.2, 0) is 23.4 Å². The lowest BCUT2D eigenvalue weighted by molar-refractivity contribution is -0.304. The van der Waals surface area contributed by atoms with Crippen molar-refractivity contribution in [2.24, 2.45) is 0 Å². The number of carbonyl (C=O) groups excluding carboxylic acids is 2. The summed E-state index contributed by atoms with van der Waals surface area (Å²) in [7, 11) is 0. The molecule has 13 heteroatoms. The van der Waals surface area contributed by atoms with E-state index in [1.165, 1.54) is 32.0 Å². The summed E-state index contributed by atoms with van der Waals surface area (Å²) in [5.74, 6) is -6.75. The Morgan fingerprint density at radius 2 is 1.45 bits per heavy atom. The maximum absolute atomic E-state index is 14.9. The monoisotopic (exact) mass is 556 g/mol. The van der Waals surface area contributed by atoms with Gasteiger partial charge in [-0.3, -0.25) is 9.59 Å². The van der Waals surface area contributed by atoms with Crippen molar-refractivity contribution in [1.29, 1.82) is 0 Å². The lowest BCUT2D eigenvalue weighted by Gasteiger charge is -2.34. The Balaban J connectivity index is 2.32. The van der Waals surface area contributed by atoms with Crippen LogP contribution in [0.15, 0.2) is 30.3 Å². The number of nitrogens with one attached hydrogen (secondary N) is 2. The summed E-state index contributed by atoms with van der Waals surface area (Å²) in [4.78, 5) is 24.2. The van der Waals surface area contributed by atoms with Crippen molar-refractivity contribution in [3.05, 3.63) is 63.7 Å². The van der Waals surface area contributed by atoms with Crippen LogP contribution in [0.4, 0.5) is 45.2 Å². The summed E-state index contributed by atoms with van der Waals surface area (Å²) in [5.41, 5.74) is -5.38. The third-order valence-corrected chi connectivity index (χ3v) is 5.87. The first-order valence-electron chi connectivity index (χ1n) is 11.2. The zero-order chi connectivity index (χ0) is 29.3. The molecule has 0 aromatic heterocycles. The van der Waals surface area contributed by atoms with Crippen LogP contribution in [0.2, 0.25) is 0 Å². The van der Waals surface area contributed by atoms with E-state index in [4.69, 9.17) is 0 Å². The number of rotatable bonds is 8. The second-order valence-corrected chi connectivity index (χ2v) is 8.89. The SMILES string of the molecule is CCc1cc([C@](F)(C(C)(F)F)C(F)(F)F)cc(C)c1NC(=O)c1ccc(CNC(=O)CC(F)(F)F)c(C)c1. The molecule has 2 rings (SSSR count). The summed E-state index contributed by atoms with van der Waals surface area (Å²) in [6.45, 7) is 3.88. The van der Waals surface area contributed by atoms with Crippen LogP contribution in [0.3, 0.4) is 0 Å². The minimum atomic E-state index is -5.92. The quantitative estimate of drug-likeness (QED) is 0.342. The topological polar surface area (TPSA) is 58.2 Å². The van der Waals surface area contributed by atoms with Gasteiger partial charge < -0.3 is 10.6 Å². The van der Waals surface area contributed by atoms with Crippen molar-refractivity contribution in [3.63, 3.8) is 0 Å². The Morgan fingerprint density at radius 1 is 0.842 bits per heavy atom. The van der Waals surface area contributed by atoms with Gasteiger partial charge in [-0.15, -0.1) is 0 Å². The average Bonchev–Trinajstić information content (AvgIpc) is 2.75. The standard InChI is InChI=1S/C25H25F9N2O2/c1-5-15-10-18(24(31,22(4,26)27)25(32,33)34)9-14(3)20(15)36-21(38)16-6-7-17(13(2)8-16)12-35-19(37)11-23(28,29)30/h6-10H,5,11-12H2,1-4H3,(H,35,37)(H,36,38)/t24-/m0/s1. The molecule has 38 heavy (non-hydrogen) atoms. The summed E-state index contributed by atoms with van der Waals surface area (Å²) in [5, 5.41) is 4.62. The predicted molar refractivity (Wildman–Crippen MR) is 122 cm³/mol. The van der Waals surface area contributed by atoms with E-state index in [0.29, 0.717) is 23.3 Å². The first-order valence-corrected chi connectivity index (χ1v) is 11.2. The molecule has 0 aliphatic heterocycles. The molecular formula is C25H25F9N2O2. The molecule has 0 saturated carbocycles. The fourth-order valence-electron chi connectivity index (χ4n) is 3.84. The normalized spacial score (nSPS) is 14.1. The Bertz CT molecular complexity index is 1190. The van der Waals surface area contributed by atoms with E-state index in [-0.39, 0.29) is 42.3 Å². The molecule has 4 nitrogen and oxygen atoms in total.